The van der Waals surface area contributed by atoms with E-state index >= 15 is 0 Å². The largest absolute Gasteiger partial charge is 0.481 e. The number of rotatable bonds is 3. The molecule has 1 atom stereocenters. The first-order valence-corrected chi connectivity index (χ1v) is 9.07. The van der Waals surface area contributed by atoms with E-state index in [4.69, 9.17) is 0 Å². The van der Waals surface area contributed by atoms with Gasteiger partial charge < -0.3 is 14.9 Å². The molecule has 0 aromatic heterocycles. The highest BCUT2D eigenvalue weighted by Gasteiger charge is 2.40. The Labute approximate surface area is 159 Å². The van der Waals surface area contributed by atoms with Crippen LogP contribution in [0.5, 0.6) is 0 Å². The Balaban J connectivity index is 1.97. The molecular weight excluding hydrogens is 377 g/mol. The van der Waals surface area contributed by atoms with Crippen LogP contribution in [0, 0.1) is 5.41 Å². The first-order chi connectivity index (χ1) is 13.0. The third kappa shape index (κ3) is 3.83. The average molecular weight is 398 g/mol. The minimum Gasteiger partial charge on any atom is -0.481 e. The number of alkyl halides is 3. The Morgan fingerprint density at radius 1 is 1.14 bits per heavy atom. The number of amides is 2. The summed E-state index contributed by atoms with van der Waals surface area (Å²) in [5, 5.41) is 9.40. The monoisotopic (exact) mass is 398 g/mol. The number of carbonyl (C=O) groups is 3. The Morgan fingerprint density at radius 2 is 1.86 bits per heavy atom. The first-order valence-electron chi connectivity index (χ1n) is 9.07. The molecule has 0 spiro atoms. The van der Waals surface area contributed by atoms with Crippen molar-refractivity contribution in [2.75, 3.05) is 24.5 Å². The van der Waals surface area contributed by atoms with E-state index < -0.39 is 29.0 Å². The van der Waals surface area contributed by atoms with E-state index in [1.807, 2.05) is 0 Å². The zero-order chi connectivity index (χ0) is 20.7. The van der Waals surface area contributed by atoms with Crippen LogP contribution in [-0.4, -0.2) is 47.4 Å². The van der Waals surface area contributed by atoms with Gasteiger partial charge in [-0.1, -0.05) is 0 Å². The third-order valence-electron chi connectivity index (χ3n) is 5.38. The molecule has 1 aromatic carbocycles. The molecule has 0 saturated carbocycles. The van der Waals surface area contributed by atoms with Crippen LogP contribution in [0.15, 0.2) is 18.2 Å². The van der Waals surface area contributed by atoms with Crippen LogP contribution in [0.1, 0.15) is 48.5 Å². The number of carboxylic acid groups (broad SMARTS) is 1. The van der Waals surface area contributed by atoms with Crippen LogP contribution < -0.4 is 4.90 Å². The predicted molar refractivity (Wildman–Crippen MR) is 93.9 cm³/mol. The second-order valence-electron chi connectivity index (χ2n) is 7.61. The van der Waals surface area contributed by atoms with Gasteiger partial charge in [0.25, 0.3) is 5.91 Å². The summed E-state index contributed by atoms with van der Waals surface area (Å²) in [6.45, 7) is 2.02. The highest BCUT2D eigenvalue weighted by Crippen LogP contribution is 2.35. The lowest BCUT2D eigenvalue weighted by molar-refractivity contribution is -0.150. The smallest absolute Gasteiger partial charge is 0.416 e. The summed E-state index contributed by atoms with van der Waals surface area (Å²) >= 11 is 0. The minimum absolute atomic E-state index is 0.0404. The van der Waals surface area contributed by atoms with Gasteiger partial charge in [-0.2, -0.15) is 13.2 Å². The molecule has 6 nitrogen and oxygen atoms in total. The summed E-state index contributed by atoms with van der Waals surface area (Å²) in [5.41, 5.74) is -2.30. The van der Waals surface area contributed by atoms with E-state index in [1.165, 1.54) is 22.8 Å². The van der Waals surface area contributed by atoms with Crippen LogP contribution in [0.2, 0.25) is 0 Å². The second kappa shape index (κ2) is 7.10. The quantitative estimate of drug-likeness (QED) is 0.849. The molecule has 2 heterocycles. The van der Waals surface area contributed by atoms with E-state index in [9.17, 15) is 32.7 Å². The normalized spacial score (nSPS) is 23.2. The van der Waals surface area contributed by atoms with Gasteiger partial charge in [-0.3, -0.25) is 14.4 Å². The SMILES string of the molecule is CC1(C(=O)O)CCCN(C(=O)c2cc(N3CCCC3=O)cc(C(F)(F)F)c2)C1. The topological polar surface area (TPSA) is 77.9 Å². The number of carbonyl (C=O) groups excluding carboxylic acids is 2. The summed E-state index contributed by atoms with van der Waals surface area (Å²) in [5.74, 6) is -1.99. The van der Waals surface area contributed by atoms with Crippen LogP contribution in [0.25, 0.3) is 0 Å². The van der Waals surface area contributed by atoms with E-state index in [0.717, 1.165) is 12.1 Å². The van der Waals surface area contributed by atoms with Crippen molar-refractivity contribution in [3.05, 3.63) is 29.3 Å². The number of aliphatic carboxylic acids is 1. The fourth-order valence-electron chi connectivity index (χ4n) is 3.75. The molecule has 2 fully saturated rings. The van der Waals surface area contributed by atoms with Crippen molar-refractivity contribution in [2.24, 2.45) is 5.41 Å². The number of piperidine rings is 1. The first kappa shape index (κ1) is 20.2. The Morgan fingerprint density at radius 3 is 2.43 bits per heavy atom. The highest BCUT2D eigenvalue weighted by molar-refractivity contribution is 5.99. The molecule has 1 unspecified atom stereocenters. The van der Waals surface area contributed by atoms with E-state index in [1.54, 1.807) is 0 Å². The molecule has 152 valence electrons. The van der Waals surface area contributed by atoms with Gasteiger partial charge in [-0.05, 0) is 44.4 Å². The molecule has 2 saturated heterocycles. The van der Waals surface area contributed by atoms with Crippen molar-refractivity contribution >= 4 is 23.5 Å². The van der Waals surface area contributed by atoms with Crippen molar-refractivity contribution < 1.29 is 32.7 Å². The summed E-state index contributed by atoms with van der Waals surface area (Å²) in [6, 6.07) is 2.92. The van der Waals surface area contributed by atoms with Crippen LogP contribution in [-0.2, 0) is 15.8 Å². The number of carboxylic acids is 1. The molecule has 28 heavy (non-hydrogen) atoms. The van der Waals surface area contributed by atoms with Crippen molar-refractivity contribution in [3.63, 3.8) is 0 Å². The molecule has 0 bridgehead atoms. The number of benzene rings is 1. The summed E-state index contributed by atoms with van der Waals surface area (Å²) in [6.07, 6.45) is -3.04. The van der Waals surface area contributed by atoms with Crippen LogP contribution >= 0.6 is 0 Å². The van der Waals surface area contributed by atoms with Gasteiger partial charge in [0.2, 0.25) is 5.91 Å². The number of anilines is 1. The van der Waals surface area contributed by atoms with Gasteiger partial charge in [0.05, 0.1) is 11.0 Å². The maximum atomic E-state index is 13.4. The molecule has 3 rings (SSSR count). The fraction of sp³-hybridized carbons (Fsp3) is 0.526. The third-order valence-corrected chi connectivity index (χ3v) is 5.38. The van der Waals surface area contributed by atoms with Crippen molar-refractivity contribution in [2.45, 2.75) is 38.8 Å². The standard InChI is InChI=1S/C19H21F3N2O4/c1-18(17(27)28)5-3-6-23(11-18)16(26)12-8-13(19(20,21)22)10-14(9-12)24-7-2-4-15(24)25/h8-10H,2-7,11H2,1H3,(H,27,28). The van der Waals surface area contributed by atoms with Gasteiger partial charge in [0.1, 0.15) is 0 Å². The van der Waals surface area contributed by atoms with Gasteiger partial charge in [-0.25, -0.2) is 0 Å². The zero-order valence-corrected chi connectivity index (χ0v) is 15.4. The number of hydrogen-bond donors (Lipinski definition) is 1. The Bertz CT molecular complexity index is 824. The van der Waals surface area contributed by atoms with Crippen LogP contribution in [0.3, 0.4) is 0 Å². The summed E-state index contributed by atoms with van der Waals surface area (Å²) in [4.78, 5) is 38.9. The maximum absolute atomic E-state index is 13.4. The lowest BCUT2D eigenvalue weighted by atomic mass is 9.82. The minimum atomic E-state index is -4.68. The lowest BCUT2D eigenvalue weighted by Gasteiger charge is -2.37. The van der Waals surface area contributed by atoms with Gasteiger partial charge in [-0.15, -0.1) is 0 Å². The summed E-state index contributed by atoms with van der Waals surface area (Å²) in [7, 11) is 0. The van der Waals surface area contributed by atoms with Crippen molar-refractivity contribution in [3.8, 4) is 0 Å². The molecule has 2 amide bonds. The fourth-order valence-corrected chi connectivity index (χ4v) is 3.75. The van der Waals surface area contributed by atoms with Gasteiger partial charge in [0, 0.05) is 37.3 Å². The van der Waals surface area contributed by atoms with Crippen LogP contribution in [0.4, 0.5) is 18.9 Å². The molecule has 0 radical (unpaired) electrons. The number of nitrogens with zero attached hydrogens (tertiary/aromatic N) is 2. The number of likely N-dealkylation sites (tertiary alicyclic amines) is 1. The number of hydrogen-bond acceptors (Lipinski definition) is 3. The molecule has 1 N–H and O–H groups in total. The van der Waals surface area contributed by atoms with Crippen molar-refractivity contribution in [1.29, 1.82) is 0 Å². The zero-order valence-electron chi connectivity index (χ0n) is 15.4. The lowest BCUT2D eigenvalue weighted by Crippen LogP contribution is -2.48. The molecule has 9 heteroatoms. The molecule has 1 aromatic rings. The second-order valence-corrected chi connectivity index (χ2v) is 7.61. The highest BCUT2D eigenvalue weighted by atomic mass is 19.4. The van der Waals surface area contributed by atoms with Crippen molar-refractivity contribution in [1.82, 2.24) is 4.90 Å². The predicted octanol–water partition coefficient (Wildman–Crippen LogP) is 3.16. The van der Waals surface area contributed by atoms with E-state index in [-0.39, 0.29) is 36.7 Å². The molecule has 2 aliphatic heterocycles. The van der Waals surface area contributed by atoms with E-state index in [0.29, 0.717) is 25.8 Å². The summed E-state index contributed by atoms with van der Waals surface area (Å²) < 4.78 is 40.1. The molecule has 0 aliphatic carbocycles. The molecular formula is C19H21F3N2O4. The van der Waals surface area contributed by atoms with E-state index in [2.05, 4.69) is 0 Å². The van der Waals surface area contributed by atoms with Gasteiger partial charge in [0.15, 0.2) is 0 Å². The maximum Gasteiger partial charge on any atom is 0.416 e. The Kier molecular flexibility index (Phi) is 5.12. The number of halogens is 3. The molecule has 2 aliphatic rings. The average Bonchev–Trinajstić information content (AvgIpc) is 3.06. The Hall–Kier alpha value is -2.58. The van der Waals surface area contributed by atoms with Gasteiger partial charge >= 0.3 is 12.1 Å².